The molecule has 0 bridgehead atoms. The van der Waals surface area contributed by atoms with Gasteiger partial charge in [0.2, 0.25) is 0 Å². The first-order chi connectivity index (χ1) is 9.22. The Morgan fingerprint density at radius 2 is 1.60 bits per heavy atom. The zero-order valence-corrected chi connectivity index (χ0v) is 14.6. The number of benzene rings is 1. The summed E-state index contributed by atoms with van der Waals surface area (Å²) in [4.78, 5) is 11.5. The average molecular weight is 276 g/mol. The molecule has 1 aliphatic carbocycles. The van der Waals surface area contributed by atoms with Crippen molar-refractivity contribution >= 4 is 5.78 Å². The molecule has 0 unspecified atom stereocenters. The highest BCUT2D eigenvalue weighted by Crippen LogP contribution is 2.35. The highest BCUT2D eigenvalue weighted by molar-refractivity contribution is 5.84. The second-order valence-electron chi connectivity index (χ2n) is 6.67. The van der Waals surface area contributed by atoms with E-state index in [-0.39, 0.29) is 5.41 Å². The molecule has 0 aliphatic heterocycles. The Kier molecular flexibility index (Phi) is 7.78. The van der Waals surface area contributed by atoms with Crippen LogP contribution in [-0.2, 0) is 16.6 Å². The van der Waals surface area contributed by atoms with Crippen molar-refractivity contribution in [2.45, 2.75) is 73.6 Å². The maximum atomic E-state index is 11.5. The summed E-state index contributed by atoms with van der Waals surface area (Å²) < 4.78 is 0. The molecule has 0 spiro atoms. The van der Waals surface area contributed by atoms with Gasteiger partial charge in [-0.1, -0.05) is 72.2 Å². The number of hydrogen-bond acceptors (Lipinski definition) is 1. The van der Waals surface area contributed by atoms with E-state index >= 15 is 0 Å². The maximum Gasteiger partial charge on any atom is 0.138 e. The van der Waals surface area contributed by atoms with Crippen LogP contribution in [0.5, 0.6) is 0 Å². The lowest BCUT2D eigenvalue weighted by Crippen LogP contribution is -2.29. The average Bonchev–Trinajstić information content (AvgIpc) is 2.31. The van der Waals surface area contributed by atoms with Crippen LogP contribution in [0.4, 0.5) is 0 Å². The Bertz CT molecular complexity index is 425. The fourth-order valence-corrected chi connectivity index (χ4v) is 2.34. The number of hydrogen-bond donors (Lipinski definition) is 0. The predicted molar refractivity (Wildman–Crippen MR) is 89.4 cm³/mol. The summed E-state index contributed by atoms with van der Waals surface area (Å²) in [7, 11) is 0. The van der Waals surface area contributed by atoms with E-state index in [2.05, 4.69) is 59.7 Å². The van der Waals surface area contributed by atoms with E-state index < -0.39 is 0 Å². The minimum Gasteiger partial charge on any atom is -0.299 e. The topological polar surface area (TPSA) is 17.1 Å². The SMILES string of the molecule is CC.CC(C)C.Cc1ccc2c(c1)C(C)(C)CC(=O)C2. The Morgan fingerprint density at radius 3 is 2.10 bits per heavy atom. The normalized spacial score (nSPS) is 15.6. The molecule has 2 rings (SSSR count). The molecule has 1 aromatic rings. The lowest BCUT2D eigenvalue weighted by atomic mass is 9.72. The summed E-state index contributed by atoms with van der Waals surface area (Å²) in [6, 6.07) is 6.42. The Morgan fingerprint density at radius 1 is 1.10 bits per heavy atom. The molecular formula is C19H32O. The van der Waals surface area contributed by atoms with E-state index in [0.29, 0.717) is 18.6 Å². The number of aryl methyl sites for hydroxylation is 1. The summed E-state index contributed by atoms with van der Waals surface area (Å²) in [5.41, 5.74) is 3.89. The van der Waals surface area contributed by atoms with Gasteiger partial charge in [-0.15, -0.1) is 0 Å². The van der Waals surface area contributed by atoms with Crippen molar-refractivity contribution in [2.75, 3.05) is 0 Å². The molecule has 0 N–H and O–H groups in total. The Labute approximate surface area is 125 Å². The van der Waals surface area contributed by atoms with Crippen LogP contribution >= 0.6 is 0 Å². The van der Waals surface area contributed by atoms with Gasteiger partial charge in [0.05, 0.1) is 0 Å². The molecule has 0 heterocycles. The summed E-state index contributed by atoms with van der Waals surface area (Å²) in [5.74, 6) is 1.20. The van der Waals surface area contributed by atoms with Crippen LogP contribution in [0.25, 0.3) is 0 Å². The molecule has 0 saturated heterocycles. The highest BCUT2D eigenvalue weighted by atomic mass is 16.1. The van der Waals surface area contributed by atoms with Gasteiger partial charge in [0.15, 0.2) is 0 Å². The Hall–Kier alpha value is -1.11. The molecule has 20 heavy (non-hydrogen) atoms. The van der Waals surface area contributed by atoms with E-state index in [1.807, 2.05) is 13.8 Å². The van der Waals surface area contributed by atoms with Gasteiger partial charge < -0.3 is 0 Å². The second-order valence-corrected chi connectivity index (χ2v) is 6.67. The quantitative estimate of drug-likeness (QED) is 0.613. The number of Topliss-reactive ketones (excluding diaryl/α,β-unsaturated/α-hetero) is 1. The third-order valence-corrected chi connectivity index (χ3v) is 3.02. The van der Waals surface area contributed by atoms with E-state index in [4.69, 9.17) is 0 Å². The zero-order valence-electron chi connectivity index (χ0n) is 14.6. The molecule has 0 amide bonds. The smallest absolute Gasteiger partial charge is 0.138 e. The van der Waals surface area contributed by atoms with E-state index in [1.54, 1.807) is 0 Å². The molecule has 0 atom stereocenters. The minimum atomic E-state index is 0.0245. The molecular weight excluding hydrogens is 244 g/mol. The van der Waals surface area contributed by atoms with Gasteiger partial charge in [-0.2, -0.15) is 0 Å². The van der Waals surface area contributed by atoms with Crippen molar-refractivity contribution in [3.05, 3.63) is 34.9 Å². The highest BCUT2D eigenvalue weighted by Gasteiger charge is 2.31. The lowest BCUT2D eigenvalue weighted by molar-refractivity contribution is -0.120. The van der Waals surface area contributed by atoms with Crippen molar-refractivity contribution in [3.8, 4) is 0 Å². The van der Waals surface area contributed by atoms with Crippen LogP contribution in [0.1, 0.15) is 71.6 Å². The molecule has 0 radical (unpaired) electrons. The number of ketones is 1. The van der Waals surface area contributed by atoms with Gasteiger partial charge in [0.25, 0.3) is 0 Å². The van der Waals surface area contributed by atoms with Crippen LogP contribution in [0.2, 0.25) is 0 Å². The van der Waals surface area contributed by atoms with Crippen molar-refractivity contribution in [2.24, 2.45) is 5.92 Å². The fourth-order valence-electron chi connectivity index (χ4n) is 2.34. The van der Waals surface area contributed by atoms with E-state index in [9.17, 15) is 4.79 Å². The van der Waals surface area contributed by atoms with Crippen molar-refractivity contribution in [1.82, 2.24) is 0 Å². The van der Waals surface area contributed by atoms with Crippen molar-refractivity contribution in [1.29, 1.82) is 0 Å². The van der Waals surface area contributed by atoms with Crippen molar-refractivity contribution in [3.63, 3.8) is 0 Å². The molecule has 1 aromatic carbocycles. The summed E-state index contributed by atoms with van der Waals surface area (Å²) in [6.07, 6.45) is 1.31. The molecule has 0 aromatic heterocycles. The van der Waals surface area contributed by atoms with Gasteiger partial charge in [-0.05, 0) is 29.4 Å². The van der Waals surface area contributed by atoms with Gasteiger partial charge in [-0.3, -0.25) is 4.79 Å². The molecule has 0 saturated carbocycles. The molecule has 1 aliphatic rings. The predicted octanol–water partition coefficient (Wildman–Crippen LogP) is 5.48. The number of carbonyl (C=O) groups excluding carboxylic acids is 1. The van der Waals surface area contributed by atoms with Crippen molar-refractivity contribution < 1.29 is 4.79 Å². The summed E-state index contributed by atoms with van der Waals surface area (Å²) in [6.45, 7) is 16.9. The monoisotopic (exact) mass is 276 g/mol. The van der Waals surface area contributed by atoms with E-state index in [0.717, 1.165) is 5.92 Å². The third-order valence-electron chi connectivity index (χ3n) is 3.02. The molecule has 1 nitrogen and oxygen atoms in total. The van der Waals surface area contributed by atoms with Gasteiger partial charge in [0.1, 0.15) is 5.78 Å². The number of fused-ring (bicyclic) bond motifs is 1. The second kappa shape index (κ2) is 8.24. The number of carbonyl (C=O) groups is 1. The first-order valence-electron chi connectivity index (χ1n) is 7.84. The standard InChI is InChI=1S/C13H16O.C4H10.C2H6/c1-9-4-5-10-7-11(14)8-13(2,3)12(10)6-9;1-4(2)3;1-2/h4-6H,7-8H2,1-3H3;4H,1-3H3;1-2H3. The summed E-state index contributed by atoms with van der Waals surface area (Å²) in [5, 5.41) is 0. The van der Waals surface area contributed by atoms with Crippen LogP contribution in [0.15, 0.2) is 18.2 Å². The first-order valence-corrected chi connectivity index (χ1v) is 7.84. The third kappa shape index (κ3) is 5.90. The molecule has 0 fully saturated rings. The van der Waals surface area contributed by atoms with Crippen LogP contribution < -0.4 is 0 Å². The first kappa shape index (κ1) is 18.9. The van der Waals surface area contributed by atoms with Crippen LogP contribution in [-0.4, -0.2) is 5.78 Å². The zero-order chi connectivity index (χ0) is 15.9. The van der Waals surface area contributed by atoms with Gasteiger partial charge >= 0.3 is 0 Å². The number of rotatable bonds is 0. The van der Waals surface area contributed by atoms with Crippen LogP contribution in [0.3, 0.4) is 0 Å². The largest absolute Gasteiger partial charge is 0.299 e. The lowest BCUT2D eigenvalue weighted by Gasteiger charge is -2.31. The molecule has 1 heteroatoms. The minimum absolute atomic E-state index is 0.0245. The Balaban J connectivity index is 0.000000521. The van der Waals surface area contributed by atoms with Crippen LogP contribution in [0, 0.1) is 12.8 Å². The molecule has 114 valence electrons. The van der Waals surface area contributed by atoms with Gasteiger partial charge in [0, 0.05) is 12.8 Å². The van der Waals surface area contributed by atoms with E-state index in [1.165, 1.54) is 16.7 Å². The maximum absolute atomic E-state index is 11.5. The summed E-state index contributed by atoms with van der Waals surface area (Å²) >= 11 is 0. The van der Waals surface area contributed by atoms with Gasteiger partial charge in [-0.25, -0.2) is 0 Å². The fraction of sp³-hybridized carbons (Fsp3) is 0.632.